The van der Waals surface area contributed by atoms with Gasteiger partial charge in [0, 0.05) is 56.0 Å². The van der Waals surface area contributed by atoms with Gasteiger partial charge >= 0.3 is 0 Å². The van der Waals surface area contributed by atoms with E-state index in [1.807, 2.05) is 49.1 Å². The molecule has 0 radical (unpaired) electrons. The summed E-state index contributed by atoms with van der Waals surface area (Å²) < 4.78 is 14.9. The van der Waals surface area contributed by atoms with Crippen molar-refractivity contribution < 1.29 is 14.0 Å². The van der Waals surface area contributed by atoms with Crippen LogP contribution < -0.4 is 0 Å². The van der Waals surface area contributed by atoms with E-state index >= 15 is 0 Å². The van der Waals surface area contributed by atoms with Crippen molar-refractivity contribution in [1.82, 2.24) is 9.80 Å². The van der Waals surface area contributed by atoms with E-state index in [4.69, 9.17) is 0 Å². The highest BCUT2D eigenvalue weighted by Crippen LogP contribution is 2.29. The number of amides is 1. The van der Waals surface area contributed by atoms with Crippen molar-refractivity contribution in [2.24, 2.45) is 5.92 Å². The van der Waals surface area contributed by atoms with Crippen LogP contribution in [0, 0.1) is 18.7 Å². The standard InChI is InChI=1S/C29H37FN2O2/c1-20-18-31(15-16-32(20)29(34)24-11-7-8-12-24)19-26-21(2)25(13-14-27(26)30)17-28(33)22(3)23-9-5-4-6-10-23/h4-6,9-10,13-14,20,22,24H,7-8,11-12,15-19H2,1-3H3/t20-,22-/m0/s1. The molecule has 1 heterocycles. The molecule has 0 aromatic heterocycles. The molecule has 2 aromatic carbocycles. The summed E-state index contributed by atoms with van der Waals surface area (Å²) in [6, 6.07) is 13.2. The van der Waals surface area contributed by atoms with Crippen molar-refractivity contribution in [1.29, 1.82) is 0 Å². The fraction of sp³-hybridized carbons (Fsp3) is 0.517. The molecule has 1 saturated heterocycles. The monoisotopic (exact) mass is 464 g/mol. The summed E-state index contributed by atoms with van der Waals surface area (Å²) in [7, 11) is 0. The number of benzene rings is 2. The first-order chi connectivity index (χ1) is 16.3. The van der Waals surface area contributed by atoms with Crippen LogP contribution >= 0.6 is 0 Å². The molecule has 2 aliphatic rings. The van der Waals surface area contributed by atoms with Crippen LogP contribution in [-0.2, 0) is 22.6 Å². The summed E-state index contributed by atoms with van der Waals surface area (Å²) in [5.74, 6) is 0.225. The number of Topliss-reactive ketones (excluding diaryl/α,β-unsaturated/α-hetero) is 1. The predicted octanol–water partition coefficient (Wildman–Crippen LogP) is 5.27. The first-order valence-electron chi connectivity index (χ1n) is 12.7. The number of halogens is 1. The molecule has 0 unspecified atom stereocenters. The third-order valence-corrected chi connectivity index (χ3v) is 7.88. The minimum atomic E-state index is -0.220. The highest BCUT2D eigenvalue weighted by atomic mass is 19.1. The Bertz CT molecular complexity index is 1020. The van der Waals surface area contributed by atoms with Gasteiger partial charge in [-0.05, 0) is 49.4 Å². The van der Waals surface area contributed by atoms with Crippen molar-refractivity contribution in [3.05, 3.63) is 70.5 Å². The fourth-order valence-corrected chi connectivity index (χ4v) is 5.56. The third-order valence-electron chi connectivity index (χ3n) is 7.88. The molecular weight excluding hydrogens is 427 g/mol. The van der Waals surface area contributed by atoms with E-state index in [-0.39, 0.29) is 29.5 Å². The Morgan fingerprint density at radius 2 is 1.76 bits per heavy atom. The van der Waals surface area contributed by atoms with Crippen LogP contribution in [0.1, 0.15) is 67.7 Å². The van der Waals surface area contributed by atoms with Crippen LogP contribution in [0.3, 0.4) is 0 Å². The van der Waals surface area contributed by atoms with Gasteiger partial charge in [-0.2, -0.15) is 0 Å². The van der Waals surface area contributed by atoms with Crippen LogP contribution in [0.25, 0.3) is 0 Å². The highest BCUT2D eigenvalue weighted by Gasteiger charge is 2.33. The molecule has 182 valence electrons. The summed E-state index contributed by atoms with van der Waals surface area (Å²) in [6.07, 6.45) is 4.66. The minimum Gasteiger partial charge on any atom is -0.337 e. The maximum atomic E-state index is 14.9. The summed E-state index contributed by atoms with van der Waals surface area (Å²) in [4.78, 5) is 30.1. The first-order valence-corrected chi connectivity index (χ1v) is 12.7. The second-order valence-electron chi connectivity index (χ2n) is 10.2. The Labute approximate surface area is 203 Å². The average molecular weight is 465 g/mol. The molecule has 0 bridgehead atoms. The van der Waals surface area contributed by atoms with E-state index in [1.165, 1.54) is 6.07 Å². The number of hydrogen-bond donors (Lipinski definition) is 0. The second kappa shape index (κ2) is 10.8. The van der Waals surface area contributed by atoms with Gasteiger partial charge < -0.3 is 4.90 Å². The topological polar surface area (TPSA) is 40.6 Å². The van der Waals surface area contributed by atoms with Crippen LogP contribution in [0.5, 0.6) is 0 Å². The van der Waals surface area contributed by atoms with Gasteiger partial charge in [-0.25, -0.2) is 4.39 Å². The lowest BCUT2D eigenvalue weighted by atomic mass is 9.90. The molecule has 1 aliphatic heterocycles. The number of carbonyl (C=O) groups excluding carboxylic acids is 2. The van der Waals surface area contributed by atoms with Crippen molar-refractivity contribution in [3.8, 4) is 0 Å². The Balaban J connectivity index is 1.41. The van der Waals surface area contributed by atoms with Gasteiger partial charge in [0.05, 0.1) is 0 Å². The van der Waals surface area contributed by atoms with Crippen molar-refractivity contribution in [2.45, 2.75) is 71.4 Å². The molecule has 1 aliphatic carbocycles. The van der Waals surface area contributed by atoms with E-state index in [2.05, 4.69) is 11.8 Å². The number of rotatable bonds is 7. The number of carbonyl (C=O) groups is 2. The normalized spacial score (nSPS) is 20.5. The Hall–Kier alpha value is -2.53. The lowest BCUT2D eigenvalue weighted by molar-refractivity contribution is -0.140. The molecule has 34 heavy (non-hydrogen) atoms. The fourth-order valence-electron chi connectivity index (χ4n) is 5.56. The SMILES string of the molecule is Cc1c(CC(=O)[C@@H](C)c2ccccc2)ccc(F)c1CN1CCN(C(=O)C2CCCC2)[C@@H](C)C1. The molecule has 1 amide bonds. The van der Waals surface area contributed by atoms with E-state index < -0.39 is 0 Å². The van der Waals surface area contributed by atoms with Gasteiger partial charge in [0.25, 0.3) is 0 Å². The number of piperazine rings is 1. The van der Waals surface area contributed by atoms with Gasteiger partial charge in [0.2, 0.25) is 5.91 Å². The molecule has 0 N–H and O–H groups in total. The van der Waals surface area contributed by atoms with E-state index in [1.54, 1.807) is 6.07 Å². The quantitative estimate of drug-likeness (QED) is 0.560. The maximum absolute atomic E-state index is 14.9. The zero-order chi connectivity index (χ0) is 24.2. The van der Waals surface area contributed by atoms with Crippen molar-refractivity contribution >= 4 is 11.7 Å². The lowest BCUT2D eigenvalue weighted by Gasteiger charge is -2.41. The van der Waals surface area contributed by atoms with Gasteiger partial charge in [-0.1, -0.05) is 56.2 Å². The van der Waals surface area contributed by atoms with Crippen LogP contribution in [0.15, 0.2) is 42.5 Å². The number of hydrogen-bond acceptors (Lipinski definition) is 3. The smallest absolute Gasteiger partial charge is 0.226 e. The summed E-state index contributed by atoms with van der Waals surface area (Å²) in [5.41, 5.74) is 3.44. The zero-order valence-corrected chi connectivity index (χ0v) is 20.7. The molecular formula is C29H37FN2O2. The van der Waals surface area contributed by atoms with E-state index in [0.29, 0.717) is 31.0 Å². The maximum Gasteiger partial charge on any atom is 0.226 e. The Morgan fingerprint density at radius 3 is 2.44 bits per heavy atom. The van der Waals surface area contributed by atoms with Crippen molar-refractivity contribution in [2.75, 3.05) is 19.6 Å². The molecule has 5 heteroatoms. The molecule has 2 aromatic rings. The summed E-state index contributed by atoms with van der Waals surface area (Å²) in [5, 5.41) is 0. The first kappa shape index (κ1) is 24.6. The van der Waals surface area contributed by atoms with Gasteiger partial charge in [-0.3, -0.25) is 14.5 Å². The highest BCUT2D eigenvalue weighted by molar-refractivity contribution is 5.87. The van der Waals surface area contributed by atoms with Crippen LogP contribution in [0.2, 0.25) is 0 Å². The van der Waals surface area contributed by atoms with Crippen LogP contribution in [0.4, 0.5) is 4.39 Å². The average Bonchev–Trinajstić information content (AvgIpc) is 3.38. The zero-order valence-electron chi connectivity index (χ0n) is 20.7. The molecule has 2 fully saturated rings. The summed E-state index contributed by atoms with van der Waals surface area (Å²) >= 11 is 0. The van der Waals surface area contributed by atoms with Gasteiger partial charge in [0.1, 0.15) is 11.6 Å². The Morgan fingerprint density at radius 1 is 1.06 bits per heavy atom. The number of ketones is 1. The van der Waals surface area contributed by atoms with Crippen LogP contribution in [-0.4, -0.2) is 47.2 Å². The summed E-state index contributed by atoms with van der Waals surface area (Å²) in [6.45, 7) is 8.65. The van der Waals surface area contributed by atoms with Crippen molar-refractivity contribution in [3.63, 3.8) is 0 Å². The molecule has 2 atom stereocenters. The van der Waals surface area contributed by atoms with Gasteiger partial charge in [0.15, 0.2) is 0 Å². The van der Waals surface area contributed by atoms with E-state index in [0.717, 1.165) is 55.5 Å². The molecule has 1 saturated carbocycles. The van der Waals surface area contributed by atoms with E-state index in [9.17, 15) is 14.0 Å². The Kier molecular flexibility index (Phi) is 7.82. The lowest BCUT2D eigenvalue weighted by Crippen LogP contribution is -2.54. The number of nitrogens with zero attached hydrogens (tertiary/aromatic N) is 2. The minimum absolute atomic E-state index is 0.127. The third kappa shape index (κ3) is 5.41. The molecule has 0 spiro atoms. The molecule has 4 nitrogen and oxygen atoms in total. The van der Waals surface area contributed by atoms with Gasteiger partial charge in [-0.15, -0.1) is 0 Å². The molecule has 4 rings (SSSR count). The predicted molar refractivity (Wildman–Crippen MR) is 133 cm³/mol. The largest absolute Gasteiger partial charge is 0.337 e. The second-order valence-corrected chi connectivity index (χ2v) is 10.2.